The molecular formula is C96H58N8O2. The molecular weight excluding hydrogens is 1300 g/mol. The van der Waals surface area contributed by atoms with E-state index in [9.17, 15) is 0 Å². The van der Waals surface area contributed by atoms with Crippen LogP contribution in [0.3, 0.4) is 0 Å². The number of furan rings is 2. The fourth-order valence-electron chi connectivity index (χ4n) is 15.4. The molecule has 0 aliphatic heterocycles. The normalized spacial score (nSPS) is 11.8. The second kappa shape index (κ2) is 24.7. The molecule has 0 saturated carbocycles. The Kier molecular flexibility index (Phi) is 14.0. The predicted octanol–water partition coefficient (Wildman–Crippen LogP) is 24.7. The van der Waals surface area contributed by atoms with Gasteiger partial charge in [0.1, 0.15) is 22.3 Å². The summed E-state index contributed by atoms with van der Waals surface area (Å²) >= 11 is 0. The van der Waals surface area contributed by atoms with Crippen LogP contribution in [0.25, 0.3) is 212 Å². The van der Waals surface area contributed by atoms with Crippen LogP contribution >= 0.6 is 0 Å². The highest BCUT2D eigenvalue weighted by atomic mass is 16.3. The molecule has 21 rings (SSSR count). The Morgan fingerprint density at radius 1 is 0.160 bits per heavy atom. The third-order valence-corrected chi connectivity index (χ3v) is 20.7. The number of hydrogen-bond acceptors (Lipinski definition) is 8. The number of benzene rings is 15. The van der Waals surface area contributed by atoms with E-state index in [0.29, 0.717) is 35.2 Å². The maximum Gasteiger partial charge on any atom is 0.238 e. The van der Waals surface area contributed by atoms with Crippen LogP contribution in [0.4, 0.5) is 0 Å². The van der Waals surface area contributed by atoms with Crippen LogP contribution in [0.5, 0.6) is 0 Å². The van der Waals surface area contributed by atoms with E-state index in [1.165, 1.54) is 0 Å². The van der Waals surface area contributed by atoms with Gasteiger partial charge >= 0.3 is 0 Å². The third kappa shape index (κ3) is 10.4. The van der Waals surface area contributed by atoms with Gasteiger partial charge in [-0.15, -0.1) is 0 Å². The Bertz CT molecular complexity index is 7040. The zero-order valence-electron chi connectivity index (χ0n) is 56.9. The summed E-state index contributed by atoms with van der Waals surface area (Å²) in [5, 5.41) is 8.71. The van der Waals surface area contributed by atoms with Crippen molar-refractivity contribution < 1.29 is 8.83 Å². The van der Waals surface area contributed by atoms with Gasteiger partial charge in [0.05, 0.1) is 22.1 Å². The minimum absolute atomic E-state index is 0.530. The maximum atomic E-state index is 6.67. The van der Waals surface area contributed by atoms with Gasteiger partial charge in [-0.2, -0.15) is 19.9 Å². The van der Waals surface area contributed by atoms with Gasteiger partial charge in [-0.1, -0.05) is 267 Å². The van der Waals surface area contributed by atoms with E-state index in [2.05, 4.69) is 306 Å². The zero-order chi connectivity index (χ0) is 69.8. The molecule has 0 fully saturated rings. The summed E-state index contributed by atoms with van der Waals surface area (Å²) in [5.74, 6) is 3.43. The summed E-state index contributed by atoms with van der Waals surface area (Å²) in [6, 6.07) is 123. The van der Waals surface area contributed by atoms with Crippen molar-refractivity contribution >= 4 is 87.5 Å². The van der Waals surface area contributed by atoms with Crippen LogP contribution in [-0.2, 0) is 0 Å². The number of para-hydroxylation sites is 3. The smallest absolute Gasteiger partial charge is 0.238 e. The molecule has 0 saturated heterocycles. The summed E-state index contributed by atoms with van der Waals surface area (Å²) in [7, 11) is 0. The first kappa shape index (κ1) is 60.3. The van der Waals surface area contributed by atoms with Crippen LogP contribution in [-0.4, -0.2) is 39.0 Å². The molecule has 494 valence electrons. The van der Waals surface area contributed by atoms with Crippen LogP contribution in [0.2, 0.25) is 0 Å². The molecule has 6 aromatic heterocycles. The highest BCUT2D eigenvalue weighted by Crippen LogP contribution is 2.42. The Morgan fingerprint density at radius 3 is 0.972 bits per heavy atom. The zero-order valence-corrected chi connectivity index (χ0v) is 56.9. The van der Waals surface area contributed by atoms with Crippen molar-refractivity contribution in [2.45, 2.75) is 0 Å². The van der Waals surface area contributed by atoms with Crippen molar-refractivity contribution in [2.24, 2.45) is 0 Å². The monoisotopic (exact) mass is 1350 g/mol. The lowest BCUT2D eigenvalue weighted by atomic mass is 9.98. The van der Waals surface area contributed by atoms with Crippen molar-refractivity contribution in [3.8, 4) is 124 Å². The lowest BCUT2D eigenvalue weighted by Crippen LogP contribution is -2.06. The first-order chi connectivity index (χ1) is 52.5. The first-order valence-electron chi connectivity index (χ1n) is 35.5. The van der Waals surface area contributed by atoms with E-state index in [4.69, 9.17) is 38.7 Å². The first-order valence-corrected chi connectivity index (χ1v) is 35.5. The predicted molar refractivity (Wildman–Crippen MR) is 431 cm³/mol. The Labute approximate surface area is 607 Å². The second-order valence-electron chi connectivity index (χ2n) is 27.0. The fraction of sp³-hybridized carbons (Fsp3) is 0. The molecule has 0 bridgehead atoms. The molecule has 10 nitrogen and oxygen atoms in total. The molecule has 0 aliphatic rings. The molecule has 21 aromatic rings. The Morgan fingerprint density at radius 2 is 0.453 bits per heavy atom. The molecule has 0 aliphatic carbocycles. The molecule has 0 radical (unpaired) electrons. The topological polar surface area (TPSA) is 113 Å². The van der Waals surface area contributed by atoms with Crippen molar-refractivity contribution in [2.75, 3.05) is 0 Å². The van der Waals surface area contributed by atoms with E-state index >= 15 is 0 Å². The largest absolute Gasteiger partial charge is 0.456 e. The summed E-state index contributed by atoms with van der Waals surface area (Å²) in [4.78, 5) is 31.5. The Hall–Kier alpha value is -14.5. The van der Waals surface area contributed by atoms with Crippen molar-refractivity contribution in [3.63, 3.8) is 0 Å². The van der Waals surface area contributed by atoms with Gasteiger partial charge in [-0.3, -0.25) is 9.13 Å². The molecule has 0 atom stereocenters. The standard InChI is InChI=1S/C96H58N8O2/c1-4-17-59(18-5-1)61-35-39-66(40-36-61)92-97-91(65-21-8-3-9-22-65)99-95(100-92)103-83-28-13-10-25-75(83)80-55-71(46-50-85(80)103)73-44-49-79-82-56-69(47-52-88(82)106-90(79)58-73)64-33-31-62(32-34-64)63-37-41-67(42-38-63)93-98-94(74-24-16-23-68(53-74)60-19-6-2-7-20-60)102-96(101-93)104-84-29-14-11-26-76(84)81-54-70(45-51-86(81)104)72-43-48-78-77-27-12-15-30-87(77)105-89(78)57-72/h1-58H. The quantitative estimate of drug-likeness (QED) is 0.119. The van der Waals surface area contributed by atoms with Gasteiger partial charge in [0.25, 0.3) is 0 Å². The number of nitrogens with zero attached hydrogens (tertiary/aromatic N) is 8. The van der Waals surface area contributed by atoms with E-state index in [1.54, 1.807) is 0 Å². The molecule has 0 amide bonds. The fourth-order valence-corrected chi connectivity index (χ4v) is 15.4. The molecule has 106 heavy (non-hydrogen) atoms. The summed E-state index contributed by atoms with van der Waals surface area (Å²) in [5.41, 5.74) is 24.1. The van der Waals surface area contributed by atoms with E-state index < -0.39 is 0 Å². The molecule has 6 heterocycles. The van der Waals surface area contributed by atoms with Crippen LogP contribution in [0, 0.1) is 0 Å². The molecule has 0 N–H and O–H groups in total. The van der Waals surface area contributed by atoms with Crippen molar-refractivity contribution in [3.05, 3.63) is 352 Å². The van der Waals surface area contributed by atoms with E-state index in [1.807, 2.05) is 54.6 Å². The Balaban J connectivity index is 0.582. The van der Waals surface area contributed by atoms with Crippen LogP contribution < -0.4 is 0 Å². The molecule has 10 heteroatoms. The number of fused-ring (bicyclic) bond motifs is 12. The molecule has 0 spiro atoms. The van der Waals surface area contributed by atoms with Gasteiger partial charge in [-0.05, 0) is 152 Å². The lowest BCUT2D eigenvalue weighted by Gasteiger charge is -2.12. The molecule has 0 unspecified atom stereocenters. The van der Waals surface area contributed by atoms with Crippen LogP contribution in [0.1, 0.15) is 0 Å². The average Bonchev–Trinajstić information content (AvgIpc) is 1.59. The van der Waals surface area contributed by atoms with Crippen molar-refractivity contribution in [1.29, 1.82) is 0 Å². The average molecular weight is 1360 g/mol. The maximum absolute atomic E-state index is 6.67. The van der Waals surface area contributed by atoms with Gasteiger partial charge in [0.15, 0.2) is 23.3 Å². The van der Waals surface area contributed by atoms with Crippen molar-refractivity contribution in [1.82, 2.24) is 39.0 Å². The molecule has 15 aromatic carbocycles. The highest BCUT2D eigenvalue weighted by Gasteiger charge is 2.23. The minimum atomic E-state index is 0.530. The minimum Gasteiger partial charge on any atom is -0.456 e. The second-order valence-corrected chi connectivity index (χ2v) is 27.0. The van der Waals surface area contributed by atoms with Gasteiger partial charge < -0.3 is 8.83 Å². The van der Waals surface area contributed by atoms with Crippen LogP contribution in [0.15, 0.2) is 361 Å². The number of rotatable bonds is 12. The van der Waals surface area contributed by atoms with E-state index in [-0.39, 0.29) is 0 Å². The number of hydrogen-bond donors (Lipinski definition) is 0. The summed E-state index contributed by atoms with van der Waals surface area (Å²) in [6.45, 7) is 0. The third-order valence-electron chi connectivity index (χ3n) is 20.7. The SMILES string of the molecule is c1ccc(-c2ccc(-c3nc(-c4ccccc4)nc(-n4c5ccccc5c5cc(-c6ccc7c(c6)oc6ccc(-c8ccc(-c9ccc(-c%10nc(-c%11cccc(-c%12ccccc%12)c%11)nc(-n%11c%12ccccc%12c%12cc(-c%13ccc%14c(c%13)oc%13ccccc%13%14)ccc%12%11)n%10)cc9)cc8)cc67)ccc54)n3)cc2)cc1. The van der Waals surface area contributed by atoms with Gasteiger partial charge in [0, 0.05) is 65.3 Å². The number of aromatic nitrogens is 8. The van der Waals surface area contributed by atoms with Gasteiger partial charge in [0.2, 0.25) is 11.9 Å². The lowest BCUT2D eigenvalue weighted by molar-refractivity contribution is 0.668. The highest BCUT2D eigenvalue weighted by molar-refractivity contribution is 6.13. The van der Waals surface area contributed by atoms with Gasteiger partial charge in [-0.25, -0.2) is 9.97 Å². The summed E-state index contributed by atoms with van der Waals surface area (Å²) < 4.78 is 17.4. The van der Waals surface area contributed by atoms with E-state index in [0.717, 1.165) is 177 Å². The summed E-state index contributed by atoms with van der Waals surface area (Å²) in [6.07, 6.45) is 0.